The molecule has 0 unspecified atom stereocenters. The van der Waals surface area contributed by atoms with Crippen LogP contribution in [0.15, 0.2) is 41.5 Å². The first-order valence-electron chi connectivity index (χ1n) is 8.50. The van der Waals surface area contributed by atoms with Gasteiger partial charge in [-0.1, -0.05) is 0 Å². The number of esters is 1. The van der Waals surface area contributed by atoms with Gasteiger partial charge in [-0.3, -0.25) is 9.36 Å². The summed E-state index contributed by atoms with van der Waals surface area (Å²) in [5.41, 5.74) is 1.20. The molecule has 3 aromatic heterocycles. The van der Waals surface area contributed by atoms with Crippen molar-refractivity contribution in [2.24, 2.45) is 0 Å². The van der Waals surface area contributed by atoms with Gasteiger partial charge in [0.05, 0.1) is 18.5 Å². The van der Waals surface area contributed by atoms with Crippen LogP contribution in [-0.4, -0.2) is 43.7 Å². The lowest BCUT2D eigenvalue weighted by atomic mass is 10.2. The van der Waals surface area contributed by atoms with Crippen LogP contribution in [0.4, 0.5) is 0 Å². The second-order valence-corrected chi connectivity index (χ2v) is 5.98. The van der Waals surface area contributed by atoms with Gasteiger partial charge in [0.15, 0.2) is 22.7 Å². The third kappa shape index (κ3) is 2.31. The number of rotatable bonds is 3. The van der Waals surface area contributed by atoms with E-state index in [-0.39, 0.29) is 35.7 Å². The first-order chi connectivity index (χ1) is 13.7. The van der Waals surface area contributed by atoms with Crippen molar-refractivity contribution in [1.29, 1.82) is 0 Å². The van der Waals surface area contributed by atoms with Crippen molar-refractivity contribution in [2.45, 2.75) is 6.92 Å². The summed E-state index contributed by atoms with van der Waals surface area (Å²) in [6, 6.07) is 6.89. The van der Waals surface area contributed by atoms with Crippen molar-refractivity contribution in [2.75, 3.05) is 13.4 Å². The molecule has 0 bridgehead atoms. The molecular formula is C18H13N5O5. The van der Waals surface area contributed by atoms with Crippen LogP contribution in [-0.2, 0) is 4.74 Å². The van der Waals surface area contributed by atoms with Gasteiger partial charge < -0.3 is 14.2 Å². The maximum absolute atomic E-state index is 13.0. The van der Waals surface area contributed by atoms with Gasteiger partial charge in [0, 0.05) is 12.3 Å². The second-order valence-electron chi connectivity index (χ2n) is 5.98. The maximum Gasteiger partial charge on any atom is 0.343 e. The minimum Gasteiger partial charge on any atom is -0.462 e. The van der Waals surface area contributed by atoms with E-state index in [2.05, 4.69) is 15.3 Å². The first-order valence-corrected chi connectivity index (χ1v) is 8.50. The van der Waals surface area contributed by atoms with E-state index >= 15 is 0 Å². The predicted molar refractivity (Wildman–Crippen MR) is 96.0 cm³/mol. The molecule has 10 heteroatoms. The third-order valence-corrected chi connectivity index (χ3v) is 4.39. The Balaban J connectivity index is 1.67. The molecule has 1 aliphatic rings. The van der Waals surface area contributed by atoms with E-state index in [1.54, 1.807) is 37.4 Å². The molecule has 140 valence electrons. The number of aromatic nitrogens is 5. The lowest BCUT2D eigenvalue weighted by molar-refractivity contribution is 0.0528. The zero-order chi connectivity index (χ0) is 19.3. The number of benzene rings is 1. The lowest BCUT2D eigenvalue weighted by Crippen LogP contribution is -2.20. The van der Waals surface area contributed by atoms with E-state index in [0.29, 0.717) is 22.7 Å². The quantitative estimate of drug-likeness (QED) is 0.491. The summed E-state index contributed by atoms with van der Waals surface area (Å²) in [5.74, 6) is 0.652. The zero-order valence-corrected chi connectivity index (χ0v) is 14.7. The Morgan fingerprint density at radius 1 is 1.21 bits per heavy atom. The molecule has 0 radical (unpaired) electrons. The van der Waals surface area contributed by atoms with Gasteiger partial charge >= 0.3 is 5.97 Å². The van der Waals surface area contributed by atoms with Crippen LogP contribution in [0, 0.1) is 0 Å². The summed E-state index contributed by atoms with van der Waals surface area (Å²) in [6.07, 6.45) is 2.96. The number of fused-ring (bicyclic) bond motifs is 4. The van der Waals surface area contributed by atoms with Crippen molar-refractivity contribution in [3.63, 3.8) is 0 Å². The molecule has 0 aliphatic carbocycles. The molecule has 10 nitrogen and oxygen atoms in total. The topological polar surface area (TPSA) is 110 Å². The number of ether oxygens (including phenoxy) is 3. The van der Waals surface area contributed by atoms with Gasteiger partial charge in [-0.2, -0.15) is 5.10 Å². The molecule has 0 saturated heterocycles. The van der Waals surface area contributed by atoms with Gasteiger partial charge in [-0.25, -0.2) is 9.31 Å². The standard InChI is InChI=1S/C18H13N5O5/c1-2-26-18(25)11-8-19-23-12-5-6-22(17(24)15(12)20-21-16(11)23)10-3-4-13-14(7-10)28-9-27-13/h3-8H,2,9H2,1H3. The second kappa shape index (κ2) is 6.05. The molecule has 4 aromatic rings. The highest BCUT2D eigenvalue weighted by atomic mass is 16.7. The van der Waals surface area contributed by atoms with Crippen LogP contribution >= 0.6 is 0 Å². The molecule has 0 spiro atoms. The molecule has 0 N–H and O–H groups in total. The van der Waals surface area contributed by atoms with E-state index in [4.69, 9.17) is 14.2 Å². The minimum absolute atomic E-state index is 0.117. The van der Waals surface area contributed by atoms with Gasteiger partial charge in [-0.15, -0.1) is 10.2 Å². The fraction of sp³-hybridized carbons (Fsp3) is 0.167. The molecule has 1 aromatic carbocycles. The molecule has 0 atom stereocenters. The molecule has 4 heterocycles. The maximum atomic E-state index is 13.0. The van der Waals surface area contributed by atoms with Crippen LogP contribution in [0.5, 0.6) is 11.5 Å². The van der Waals surface area contributed by atoms with E-state index in [9.17, 15) is 9.59 Å². The molecule has 0 amide bonds. The SMILES string of the molecule is CCOC(=O)c1cnn2c1nnc1c(=O)n(-c3ccc4c(c3)OCO4)ccc12. The van der Waals surface area contributed by atoms with Gasteiger partial charge in [0.2, 0.25) is 6.79 Å². The monoisotopic (exact) mass is 379 g/mol. The summed E-state index contributed by atoms with van der Waals surface area (Å²) in [6.45, 7) is 2.09. The highest BCUT2D eigenvalue weighted by molar-refractivity contribution is 5.96. The molecule has 28 heavy (non-hydrogen) atoms. The van der Waals surface area contributed by atoms with Crippen molar-refractivity contribution in [1.82, 2.24) is 24.4 Å². The van der Waals surface area contributed by atoms with Crippen molar-refractivity contribution in [3.8, 4) is 17.2 Å². The van der Waals surface area contributed by atoms with Crippen LogP contribution in [0.2, 0.25) is 0 Å². The summed E-state index contributed by atoms with van der Waals surface area (Å²) in [7, 11) is 0. The first kappa shape index (κ1) is 16.2. The van der Waals surface area contributed by atoms with Crippen LogP contribution in [0.1, 0.15) is 17.3 Å². The fourth-order valence-corrected chi connectivity index (χ4v) is 3.08. The third-order valence-electron chi connectivity index (χ3n) is 4.39. The Kier molecular flexibility index (Phi) is 3.51. The summed E-state index contributed by atoms with van der Waals surface area (Å²) >= 11 is 0. The van der Waals surface area contributed by atoms with Crippen LogP contribution < -0.4 is 15.0 Å². The average molecular weight is 379 g/mol. The zero-order valence-electron chi connectivity index (χ0n) is 14.7. The summed E-state index contributed by atoms with van der Waals surface area (Å²) < 4.78 is 18.5. The highest BCUT2D eigenvalue weighted by Gasteiger charge is 2.19. The van der Waals surface area contributed by atoms with Gasteiger partial charge in [0.25, 0.3) is 5.56 Å². The minimum atomic E-state index is -0.542. The largest absolute Gasteiger partial charge is 0.462 e. The summed E-state index contributed by atoms with van der Waals surface area (Å²) in [4.78, 5) is 25.0. The van der Waals surface area contributed by atoms with Gasteiger partial charge in [-0.05, 0) is 25.1 Å². The molecule has 0 saturated carbocycles. The smallest absolute Gasteiger partial charge is 0.343 e. The van der Waals surface area contributed by atoms with E-state index in [0.717, 1.165) is 0 Å². The number of hydrogen-bond acceptors (Lipinski definition) is 8. The molecular weight excluding hydrogens is 366 g/mol. The van der Waals surface area contributed by atoms with E-state index < -0.39 is 5.97 Å². The van der Waals surface area contributed by atoms with Crippen LogP contribution in [0.3, 0.4) is 0 Å². The van der Waals surface area contributed by atoms with Gasteiger partial charge in [0.1, 0.15) is 11.1 Å². The number of hydrogen-bond donors (Lipinski definition) is 0. The summed E-state index contributed by atoms with van der Waals surface area (Å²) in [5, 5.41) is 12.2. The Labute approximate surface area is 156 Å². The lowest BCUT2D eigenvalue weighted by Gasteiger charge is -2.08. The Hall–Kier alpha value is -3.95. The van der Waals surface area contributed by atoms with Crippen molar-refractivity contribution in [3.05, 3.63) is 52.6 Å². The number of nitrogens with zero attached hydrogens (tertiary/aromatic N) is 5. The number of pyridine rings is 1. The molecule has 0 fully saturated rings. The van der Waals surface area contributed by atoms with Crippen LogP contribution in [0.25, 0.3) is 22.4 Å². The van der Waals surface area contributed by atoms with Crippen molar-refractivity contribution >= 4 is 22.6 Å². The predicted octanol–water partition coefficient (Wildman–Crippen LogP) is 1.33. The Morgan fingerprint density at radius 3 is 2.93 bits per heavy atom. The Bertz CT molecular complexity index is 1310. The number of carbonyl (C=O) groups is 1. The van der Waals surface area contributed by atoms with Crippen molar-refractivity contribution < 1.29 is 19.0 Å². The average Bonchev–Trinajstić information content (AvgIpc) is 3.34. The fourth-order valence-electron chi connectivity index (χ4n) is 3.08. The van der Waals surface area contributed by atoms with E-state index in [1.165, 1.54) is 15.3 Å². The molecule has 1 aliphatic heterocycles. The highest BCUT2D eigenvalue weighted by Crippen LogP contribution is 2.33. The van der Waals surface area contributed by atoms with E-state index in [1.807, 2.05) is 0 Å². The normalized spacial score (nSPS) is 12.6. The Morgan fingerprint density at radius 2 is 2.07 bits per heavy atom. The molecule has 5 rings (SSSR count). The number of carbonyl (C=O) groups excluding carboxylic acids is 1.